The fourth-order valence-electron chi connectivity index (χ4n) is 5.03. The normalized spacial score (nSPS) is 39.2. The number of carboxylic acids is 1. The number of carboxylic acid groups (broad SMARTS) is 1. The molecule has 2 aliphatic carbocycles. The van der Waals surface area contributed by atoms with Crippen LogP contribution in [0, 0.1) is 22.7 Å². The Morgan fingerprint density at radius 3 is 2.68 bits per heavy atom. The fraction of sp³-hybridized carbons (Fsp3) is 0.650. The average molecular weight is 302 g/mol. The van der Waals surface area contributed by atoms with E-state index < -0.39 is 11.4 Å². The molecule has 0 aromatic rings. The lowest BCUT2D eigenvalue weighted by atomic mass is 9.46. The molecule has 0 aromatic carbocycles. The molecule has 0 aromatic heterocycles. The van der Waals surface area contributed by atoms with Crippen molar-refractivity contribution in [2.75, 3.05) is 0 Å². The smallest absolute Gasteiger partial charge is 0.309 e. The third-order valence-electron chi connectivity index (χ3n) is 6.51. The minimum Gasteiger partial charge on any atom is -0.481 e. The van der Waals surface area contributed by atoms with E-state index in [-0.39, 0.29) is 11.3 Å². The molecule has 2 heteroatoms. The summed E-state index contributed by atoms with van der Waals surface area (Å²) >= 11 is 0. The largest absolute Gasteiger partial charge is 0.481 e. The van der Waals surface area contributed by atoms with Gasteiger partial charge in [0.15, 0.2) is 0 Å². The molecule has 2 rings (SSSR count). The van der Waals surface area contributed by atoms with Crippen molar-refractivity contribution in [1.82, 2.24) is 0 Å². The maximum absolute atomic E-state index is 11.9. The summed E-state index contributed by atoms with van der Waals surface area (Å²) in [4.78, 5) is 11.9. The second-order valence-corrected chi connectivity index (χ2v) is 7.77. The number of allylic oxidation sites excluding steroid dienone is 4. The van der Waals surface area contributed by atoms with Gasteiger partial charge in [0, 0.05) is 0 Å². The summed E-state index contributed by atoms with van der Waals surface area (Å²) in [5.74, 6) is 0.0202. The summed E-state index contributed by atoms with van der Waals surface area (Å²) in [6, 6.07) is 0. The molecule has 0 radical (unpaired) electrons. The van der Waals surface area contributed by atoms with Gasteiger partial charge >= 0.3 is 5.97 Å². The summed E-state index contributed by atoms with van der Waals surface area (Å²) in [7, 11) is 0. The maximum Gasteiger partial charge on any atom is 0.309 e. The van der Waals surface area contributed by atoms with Crippen molar-refractivity contribution in [2.24, 2.45) is 22.7 Å². The van der Waals surface area contributed by atoms with Gasteiger partial charge in [-0.25, -0.2) is 0 Å². The predicted molar refractivity (Wildman–Crippen MR) is 91.6 cm³/mol. The van der Waals surface area contributed by atoms with E-state index in [9.17, 15) is 9.90 Å². The molecule has 2 fully saturated rings. The Morgan fingerprint density at radius 2 is 2.09 bits per heavy atom. The summed E-state index contributed by atoms with van der Waals surface area (Å²) in [6.45, 7) is 14.5. The summed E-state index contributed by atoms with van der Waals surface area (Å²) < 4.78 is 0. The number of fused-ring (bicyclic) bond motifs is 1. The van der Waals surface area contributed by atoms with E-state index in [2.05, 4.69) is 33.1 Å². The zero-order chi connectivity index (χ0) is 16.5. The first-order valence-electron chi connectivity index (χ1n) is 8.46. The molecular weight excluding hydrogens is 272 g/mol. The van der Waals surface area contributed by atoms with Crippen LogP contribution in [0.25, 0.3) is 0 Å². The second kappa shape index (κ2) is 6.06. The van der Waals surface area contributed by atoms with Crippen LogP contribution in [0.2, 0.25) is 0 Å². The first-order chi connectivity index (χ1) is 10.3. The van der Waals surface area contributed by atoms with Crippen LogP contribution in [0.4, 0.5) is 0 Å². The molecular formula is C20H30O2. The number of hydrogen-bond acceptors (Lipinski definition) is 1. The average Bonchev–Trinajstić information content (AvgIpc) is 2.45. The minimum atomic E-state index is -0.618. The van der Waals surface area contributed by atoms with Crippen LogP contribution in [0.1, 0.15) is 59.3 Å². The molecule has 0 saturated heterocycles. The van der Waals surface area contributed by atoms with Crippen LogP contribution in [0.3, 0.4) is 0 Å². The molecule has 0 amide bonds. The second-order valence-electron chi connectivity index (χ2n) is 7.77. The first-order valence-corrected chi connectivity index (χ1v) is 8.46. The van der Waals surface area contributed by atoms with Gasteiger partial charge in [0.05, 0.1) is 5.41 Å². The Morgan fingerprint density at radius 1 is 1.41 bits per heavy atom. The topological polar surface area (TPSA) is 37.3 Å². The predicted octanol–water partition coefficient (Wildman–Crippen LogP) is 5.37. The van der Waals surface area contributed by atoms with E-state index in [4.69, 9.17) is 0 Å². The van der Waals surface area contributed by atoms with Gasteiger partial charge < -0.3 is 5.11 Å². The molecule has 2 aliphatic rings. The fourth-order valence-corrected chi connectivity index (χ4v) is 5.03. The zero-order valence-electron chi connectivity index (χ0n) is 14.3. The van der Waals surface area contributed by atoms with Crippen LogP contribution in [0.15, 0.2) is 36.5 Å². The van der Waals surface area contributed by atoms with Gasteiger partial charge in [0.2, 0.25) is 0 Å². The number of rotatable bonds is 4. The van der Waals surface area contributed by atoms with Gasteiger partial charge in [0.25, 0.3) is 0 Å². The van der Waals surface area contributed by atoms with E-state index in [0.717, 1.165) is 38.5 Å². The van der Waals surface area contributed by atoms with Crippen molar-refractivity contribution < 1.29 is 9.90 Å². The summed E-state index contributed by atoms with van der Waals surface area (Å²) in [6.07, 6.45) is 9.95. The molecule has 2 nitrogen and oxygen atoms in total. The maximum atomic E-state index is 11.9. The van der Waals surface area contributed by atoms with E-state index in [1.807, 2.05) is 13.0 Å². The third-order valence-corrected chi connectivity index (χ3v) is 6.51. The monoisotopic (exact) mass is 302 g/mol. The number of aliphatic carboxylic acids is 1. The molecule has 1 N–H and O–H groups in total. The van der Waals surface area contributed by atoms with Crippen molar-refractivity contribution in [3.05, 3.63) is 36.5 Å². The van der Waals surface area contributed by atoms with Gasteiger partial charge in [-0.15, -0.1) is 0 Å². The molecule has 4 atom stereocenters. The molecule has 0 spiro atoms. The van der Waals surface area contributed by atoms with E-state index >= 15 is 0 Å². The summed E-state index contributed by atoms with van der Waals surface area (Å²) in [5.41, 5.74) is 1.97. The van der Waals surface area contributed by atoms with Crippen LogP contribution in [-0.4, -0.2) is 11.1 Å². The highest BCUT2D eigenvalue weighted by Gasteiger charge is 2.57. The van der Waals surface area contributed by atoms with Crippen LogP contribution in [0.5, 0.6) is 0 Å². The van der Waals surface area contributed by atoms with Crippen LogP contribution >= 0.6 is 0 Å². The van der Waals surface area contributed by atoms with Crippen molar-refractivity contribution in [2.45, 2.75) is 59.3 Å². The third kappa shape index (κ3) is 2.68. The minimum absolute atomic E-state index is 0.0542. The van der Waals surface area contributed by atoms with Gasteiger partial charge in [-0.2, -0.15) is 0 Å². The van der Waals surface area contributed by atoms with Gasteiger partial charge in [-0.3, -0.25) is 4.79 Å². The van der Waals surface area contributed by atoms with Crippen molar-refractivity contribution in [3.63, 3.8) is 0 Å². The van der Waals surface area contributed by atoms with Gasteiger partial charge in [-0.1, -0.05) is 49.8 Å². The first kappa shape index (κ1) is 17.1. The Bertz CT molecular complexity index is 516. The van der Waals surface area contributed by atoms with Gasteiger partial charge in [0.1, 0.15) is 0 Å². The lowest BCUT2D eigenvalue weighted by Crippen LogP contribution is -2.53. The number of hydrogen-bond donors (Lipinski definition) is 1. The highest BCUT2D eigenvalue weighted by Crippen LogP contribution is 2.61. The molecule has 0 aliphatic heterocycles. The molecule has 0 bridgehead atoms. The quantitative estimate of drug-likeness (QED) is 0.559. The Kier molecular flexibility index (Phi) is 4.70. The molecule has 122 valence electrons. The molecule has 2 saturated carbocycles. The lowest BCUT2D eigenvalue weighted by Gasteiger charge is -2.57. The molecule has 0 heterocycles. The van der Waals surface area contributed by atoms with E-state index in [0.29, 0.717) is 5.92 Å². The number of carbonyl (C=O) groups is 1. The highest BCUT2D eigenvalue weighted by molar-refractivity contribution is 5.75. The van der Waals surface area contributed by atoms with Gasteiger partial charge in [-0.05, 0) is 63.2 Å². The Balaban J connectivity index is 2.36. The molecule has 22 heavy (non-hydrogen) atoms. The van der Waals surface area contributed by atoms with E-state index in [1.54, 1.807) is 0 Å². The zero-order valence-corrected chi connectivity index (χ0v) is 14.3. The Hall–Kier alpha value is -1.31. The Labute approximate surface area is 135 Å². The lowest BCUT2D eigenvalue weighted by molar-refractivity contribution is -0.164. The van der Waals surface area contributed by atoms with E-state index in [1.165, 1.54) is 11.1 Å². The summed E-state index contributed by atoms with van der Waals surface area (Å²) in [5, 5.41) is 9.81. The van der Waals surface area contributed by atoms with Crippen molar-refractivity contribution in [1.29, 1.82) is 0 Å². The highest BCUT2D eigenvalue weighted by atomic mass is 16.4. The van der Waals surface area contributed by atoms with Crippen molar-refractivity contribution in [3.8, 4) is 0 Å². The van der Waals surface area contributed by atoms with Crippen LogP contribution < -0.4 is 0 Å². The molecule has 0 unspecified atom stereocenters. The standard InChI is InChI=1S/C20H30O2/c1-6-14(2)8-10-16-15(3)9-11-17-19(16,4)12-7-13-20(17,5)18(21)22/h6,8,16-17H,1,3,7,9-13H2,2,4-5H3,(H,21,22)/b14-8+/t16-,17-,19-,20+/m0/s1. The SMILES string of the molecule is C=C/C(C)=C/C[C@H]1C(=C)CC[C@H]2[C@@]1(C)CCC[C@@]2(C)C(=O)O. The van der Waals surface area contributed by atoms with Crippen LogP contribution in [-0.2, 0) is 4.79 Å². The van der Waals surface area contributed by atoms with Crippen molar-refractivity contribution >= 4 is 5.97 Å².